The first-order chi connectivity index (χ1) is 12.6. The van der Waals surface area contributed by atoms with Crippen LogP contribution in [0.15, 0.2) is 18.2 Å². The summed E-state index contributed by atoms with van der Waals surface area (Å²) in [5, 5.41) is 12.2. The van der Waals surface area contributed by atoms with E-state index >= 15 is 0 Å². The SMILES string of the molecule is CC(C)c1cccc(C(C)C)c1N[C@@H](C)C(=O)O.CSCCOC(=O)CN. The Kier molecular flexibility index (Phi) is 12.6. The summed E-state index contributed by atoms with van der Waals surface area (Å²) in [5.41, 5.74) is 8.31. The number of benzene rings is 1. The van der Waals surface area contributed by atoms with Crippen LogP contribution in [-0.2, 0) is 14.3 Å². The van der Waals surface area contributed by atoms with E-state index in [4.69, 9.17) is 10.8 Å². The molecule has 0 saturated carbocycles. The first-order valence-electron chi connectivity index (χ1n) is 9.12. The van der Waals surface area contributed by atoms with Crippen molar-refractivity contribution in [2.45, 2.75) is 52.5 Å². The molecule has 0 unspecified atom stereocenters. The molecule has 0 radical (unpaired) electrons. The average molecular weight is 399 g/mol. The summed E-state index contributed by atoms with van der Waals surface area (Å²) < 4.78 is 4.65. The summed E-state index contributed by atoms with van der Waals surface area (Å²) in [4.78, 5) is 21.3. The minimum Gasteiger partial charge on any atom is -0.480 e. The van der Waals surface area contributed by atoms with E-state index in [1.807, 2.05) is 12.3 Å². The number of carbonyl (C=O) groups is 2. The summed E-state index contributed by atoms with van der Waals surface area (Å²) in [7, 11) is 0. The highest BCUT2D eigenvalue weighted by Crippen LogP contribution is 2.32. The summed E-state index contributed by atoms with van der Waals surface area (Å²) >= 11 is 1.64. The molecular formula is C20H34N2O4S. The maximum atomic E-state index is 11.0. The number of hydrogen-bond donors (Lipinski definition) is 3. The second-order valence-electron chi connectivity index (χ2n) is 6.74. The highest BCUT2D eigenvalue weighted by atomic mass is 32.2. The number of nitrogens with two attached hydrogens (primary N) is 1. The maximum Gasteiger partial charge on any atom is 0.325 e. The van der Waals surface area contributed by atoms with E-state index < -0.39 is 12.0 Å². The van der Waals surface area contributed by atoms with Crippen LogP contribution in [0, 0.1) is 0 Å². The van der Waals surface area contributed by atoms with Crippen LogP contribution in [-0.4, -0.2) is 48.2 Å². The van der Waals surface area contributed by atoms with Gasteiger partial charge >= 0.3 is 11.9 Å². The topological polar surface area (TPSA) is 102 Å². The number of aliphatic carboxylic acids is 1. The molecule has 6 nitrogen and oxygen atoms in total. The zero-order chi connectivity index (χ0) is 21.0. The molecule has 0 bridgehead atoms. The molecule has 7 heteroatoms. The summed E-state index contributed by atoms with van der Waals surface area (Å²) in [6, 6.07) is 5.59. The second-order valence-corrected chi connectivity index (χ2v) is 7.73. The molecule has 1 atom stereocenters. The molecule has 154 valence electrons. The van der Waals surface area contributed by atoms with Gasteiger partial charge in [-0.1, -0.05) is 45.9 Å². The van der Waals surface area contributed by atoms with Crippen LogP contribution in [0.5, 0.6) is 0 Å². The molecule has 0 heterocycles. The molecule has 0 aliphatic carbocycles. The van der Waals surface area contributed by atoms with Gasteiger partial charge in [-0.05, 0) is 36.1 Å². The van der Waals surface area contributed by atoms with Crippen LogP contribution >= 0.6 is 11.8 Å². The van der Waals surface area contributed by atoms with Crippen molar-refractivity contribution in [3.05, 3.63) is 29.3 Å². The van der Waals surface area contributed by atoms with E-state index in [9.17, 15) is 9.59 Å². The van der Waals surface area contributed by atoms with Crippen molar-refractivity contribution in [1.82, 2.24) is 0 Å². The van der Waals surface area contributed by atoms with Crippen molar-refractivity contribution in [2.75, 3.05) is 30.5 Å². The Morgan fingerprint density at radius 1 is 1.15 bits per heavy atom. The Balaban J connectivity index is 0.000000636. The Morgan fingerprint density at radius 2 is 1.67 bits per heavy atom. The van der Waals surface area contributed by atoms with Gasteiger partial charge in [0.25, 0.3) is 0 Å². The predicted octanol–water partition coefficient (Wildman–Crippen LogP) is 3.67. The lowest BCUT2D eigenvalue weighted by Crippen LogP contribution is -2.27. The number of thioether (sulfide) groups is 1. The number of rotatable bonds is 9. The van der Waals surface area contributed by atoms with Crippen molar-refractivity contribution >= 4 is 29.4 Å². The minimum atomic E-state index is -0.830. The van der Waals surface area contributed by atoms with E-state index in [1.165, 1.54) is 11.1 Å². The number of carbonyl (C=O) groups excluding carboxylic acids is 1. The first kappa shape index (κ1) is 25.3. The van der Waals surface area contributed by atoms with Gasteiger partial charge < -0.3 is 20.9 Å². The maximum absolute atomic E-state index is 11.0. The molecule has 1 aromatic rings. The first-order valence-corrected chi connectivity index (χ1v) is 10.5. The van der Waals surface area contributed by atoms with E-state index in [0.29, 0.717) is 18.4 Å². The van der Waals surface area contributed by atoms with E-state index in [2.05, 4.69) is 49.9 Å². The van der Waals surface area contributed by atoms with Gasteiger partial charge in [0, 0.05) is 11.4 Å². The molecule has 0 aliphatic rings. The summed E-state index contributed by atoms with van der Waals surface area (Å²) in [6.45, 7) is 10.6. The molecule has 0 fully saturated rings. The fourth-order valence-corrected chi connectivity index (χ4v) is 2.54. The molecule has 0 aromatic heterocycles. The largest absolute Gasteiger partial charge is 0.480 e. The number of esters is 1. The van der Waals surface area contributed by atoms with Crippen molar-refractivity contribution in [1.29, 1.82) is 0 Å². The standard InChI is InChI=1S/C15H23NO2.C5H11NO2S/c1-9(2)12-7-6-8-13(10(3)4)14(12)16-11(5)15(17)18;1-9-3-2-8-5(7)4-6/h6-11,16H,1-5H3,(H,17,18);2-4,6H2,1H3/t11-;/m0./s1. The van der Waals surface area contributed by atoms with Crippen molar-refractivity contribution in [2.24, 2.45) is 5.73 Å². The highest BCUT2D eigenvalue weighted by Gasteiger charge is 2.18. The number of anilines is 1. The molecule has 0 aliphatic heterocycles. The van der Waals surface area contributed by atoms with Crippen molar-refractivity contribution in [3.8, 4) is 0 Å². The second kappa shape index (κ2) is 13.4. The van der Waals surface area contributed by atoms with Gasteiger partial charge in [0.15, 0.2) is 0 Å². The molecule has 4 N–H and O–H groups in total. The third kappa shape index (κ3) is 9.68. The van der Waals surface area contributed by atoms with Crippen molar-refractivity contribution in [3.63, 3.8) is 0 Å². The number of para-hydroxylation sites is 1. The fourth-order valence-electron chi connectivity index (χ4n) is 2.29. The molecule has 0 saturated heterocycles. The minimum absolute atomic E-state index is 0.0195. The number of hydrogen-bond acceptors (Lipinski definition) is 6. The van der Waals surface area contributed by atoms with Gasteiger partial charge in [-0.25, -0.2) is 0 Å². The van der Waals surface area contributed by atoms with Crippen LogP contribution in [0.2, 0.25) is 0 Å². The third-order valence-corrected chi connectivity index (χ3v) is 4.40. The lowest BCUT2D eigenvalue weighted by molar-refractivity contribution is -0.141. The van der Waals surface area contributed by atoms with Crippen LogP contribution in [0.1, 0.15) is 57.6 Å². The third-order valence-electron chi connectivity index (χ3n) is 3.82. The van der Waals surface area contributed by atoms with Gasteiger partial charge in [0.2, 0.25) is 0 Å². The fraction of sp³-hybridized carbons (Fsp3) is 0.600. The lowest BCUT2D eigenvalue weighted by Gasteiger charge is -2.22. The smallest absolute Gasteiger partial charge is 0.325 e. The van der Waals surface area contributed by atoms with E-state index in [-0.39, 0.29) is 12.5 Å². The molecule has 0 spiro atoms. The van der Waals surface area contributed by atoms with Gasteiger partial charge in [0.05, 0.1) is 6.54 Å². The number of carboxylic acids is 1. The van der Waals surface area contributed by atoms with Gasteiger partial charge in [-0.2, -0.15) is 11.8 Å². The van der Waals surface area contributed by atoms with E-state index in [1.54, 1.807) is 18.7 Å². The zero-order valence-corrected chi connectivity index (χ0v) is 18.1. The highest BCUT2D eigenvalue weighted by molar-refractivity contribution is 7.98. The van der Waals surface area contributed by atoms with Gasteiger partial charge in [-0.15, -0.1) is 0 Å². The van der Waals surface area contributed by atoms with Crippen LogP contribution in [0.25, 0.3) is 0 Å². The summed E-state index contributed by atoms with van der Waals surface area (Å²) in [5.74, 6) is 0.415. The monoisotopic (exact) mass is 398 g/mol. The quantitative estimate of drug-likeness (QED) is 0.431. The molecule has 1 rings (SSSR count). The van der Waals surface area contributed by atoms with Crippen LogP contribution in [0.4, 0.5) is 5.69 Å². The number of ether oxygens (including phenoxy) is 1. The Hall–Kier alpha value is -1.73. The normalized spacial score (nSPS) is 11.6. The molecular weight excluding hydrogens is 364 g/mol. The number of carboxylic acid groups (broad SMARTS) is 1. The Labute approximate surface area is 167 Å². The lowest BCUT2D eigenvalue weighted by atomic mass is 9.92. The van der Waals surface area contributed by atoms with Crippen LogP contribution < -0.4 is 11.1 Å². The predicted molar refractivity (Wildman–Crippen MR) is 114 cm³/mol. The van der Waals surface area contributed by atoms with Gasteiger partial charge in [0.1, 0.15) is 12.6 Å². The molecule has 27 heavy (non-hydrogen) atoms. The Morgan fingerprint density at radius 3 is 2.04 bits per heavy atom. The van der Waals surface area contributed by atoms with Crippen molar-refractivity contribution < 1.29 is 19.4 Å². The van der Waals surface area contributed by atoms with E-state index in [0.717, 1.165) is 11.4 Å². The molecule has 1 aromatic carbocycles. The summed E-state index contributed by atoms with van der Waals surface area (Å²) in [6.07, 6.45) is 1.95. The zero-order valence-electron chi connectivity index (χ0n) is 17.2. The van der Waals surface area contributed by atoms with Crippen LogP contribution in [0.3, 0.4) is 0 Å². The Bertz CT molecular complexity index is 565. The average Bonchev–Trinajstić information content (AvgIpc) is 2.61. The number of nitrogens with one attached hydrogen (secondary N) is 1. The molecule has 0 amide bonds. The van der Waals surface area contributed by atoms with Gasteiger partial charge in [-0.3, -0.25) is 9.59 Å².